The van der Waals surface area contributed by atoms with Gasteiger partial charge < -0.3 is 15.3 Å². The van der Waals surface area contributed by atoms with E-state index < -0.39 is 12.0 Å². The molecule has 1 saturated heterocycles. The molecule has 250 valence electrons. The number of halogens is 4. The Morgan fingerprint density at radius 3 is 2.36 bits per heavy atom. The molecule has 3 aromatic rings. The minimum atomic E-state index is -0.783. The molecule has 3 unspecified atom stereocenters. The average Bonchev–Trinajstić information content (AvgIpc) is 3.57. The van der Waals surface area contributed by atoms with Crippen LogP contribution >= 0.6 is 37.2 Å². The molecule has 2 aromatic carbocycles. The van der Waals surface area contributed by atoms with Gasteiger partial charge in [-0.3, -0.25) is 9.48 Å². The number of hydrogen-bond donors (Lipinski definition) is 2. The first-order valence-electron chi connectivity index (χ1n) is 15.9. The van der Waals surface area contributed by atoms with Gasteiger partial charge in [0, 0.05) is 37.2 Å². The molecule has 2 fully saturated rings. The number of carboxylic acid groups (broad SMARTS) is 1. The second-order valence-electron chi connectivity index (χ2n) is 12.9. The third-order valence-electron chi connectivity index (χ3n) is 9.30. The molecule has 0 radical (unpaired) electrons. The number of rotatable bonds is 12. The minimum absolute atomic E-state index is 0. The SMILES string of the molecule is CCn1nc(Cc2ccccc2)cc1C1CCN(CC2CC(N[C@H](CC(C)C)C(=O)O)CC2c2cccc(F)c2)CC1.Cl.Cl.Cl. The fourth-order valence-corrected chi connectivity index (χ4v) is 7.31. The molecule has 0 bridgehead atoms. The second-order valence-corrected chi connectivity index (χ2v) is 12.9. The molecule has 1 aromatic heterocycles. The van der Waals surface area contributed by atoms with Gasteiger partial charge in [-0.1, -0.05) is 56.3 Å². The number of carboxylic acids is 1. The van der Waals surface area contributed by atoms with Gasteiger partial charge in [0.25, 0.3) is 0 Å². The van der Waals surface area contributed by atoms with Gasteiger partial charge in [-0.15, -0.1) is 37.2 Å². The number of aryl methyl sites for hydroxylation is 1. The largest absolute Gasteiger partial charge is 0.480 e. The normalized spacial score (nSPS) is 21.0. The molecule has 5 rings (SSSR count). The monoisotopic (exact) mass is 682 g/mol. The number of likely N-dealkylation sites (tertiary alicyclic amines) is 1. The van der Waals surface area contributed by atoms with Gasteiger partial charge in [-0.2, -0.15) is 5.10 Å². The highest BCUT2D eigenvalue weighted by Crippen LogP contribution is 2.42. The molecule has 2 heterocycles. The Balaban J connectivity index is 0.00000235. The van der Waals surface area contributed by atoms with Crippen molar-refractivity contribution in [1.82, 2.24) is 20.0 Å². The summed E-state index contributed by atoms with van der Waals surface area (Å²) in [7, 11) is 0. The van der Waals surface area contributed by atoms with E-state index >= 15 is 0 Å². The van der Waals surface area contributed by atoms with Gasteiger partial charge in [0.2, 0.25) is 0 Å². The van der Waals surface area contributed by atoms with E-state index in [-0.39, 0.29) is 55.0 Å². The zero-order valence-electron chi connectivity index (χ0n) is 26.6. The quantitative estimate of drug-likeness (QED) is 0.205. The van der Waals surface area contributed by atoms with Gasteiger partial charge in [0.15, 0.2) is 0 Å². The number of aliphatic carboxylic acids is 1. The maximum atomic E-state index is 14.2. The fourth-order valence-electron chi connectivity index (χ4n) is 7.31. The smallest absolute Gasteiger partial charge is 0.320 e. The van der Waals surface area contributed by atoms with E-state index in [1.807, 2.05) is 6.07 Å². The van der Waals surface area contributed by atoms with Crippen molar-refractivity contribution in [1.29, 1.82) is 0 Å². The summed E-state index contributed by atoms with van der Waals surface area (Å²) in [5.74, 6) is 0.386. The topological polar surface area (TPSA) is 70.4 Å². The lowest BCUT2D eigenvalue weighted by Crippen LogP contribution is -2.43. The molecule has 1 saturated carbocycles. The molecule has 2 N–H and O–H groups in total. The second kappa shape index (κ2) is 18.2. The van der Waals surface area contributed by atoms with Crippen molar-refractivity contribution < 1.29 is 14.3 Å². The molecule has 45 heavy (non-hydrogen) atoms. The molecule has 10 heteroatoms. The molecule has 6 nitrogen and oxygen atoms in total. The number of benzene rings is 2. The molecular formula is C35H50Cl3FN4O2. The lowest BCUT2D eigenvalue weighted by molar-refractivity contribution is -0.140. The Kier molecular flexibility index (Phi) is 15.8. The van der Waals surface area contributed by atoms with Crippen molar-refractivity contribution >= 4 is 43.2 Å². The zero-order valence-corrected chi connectivity index (χ0v) is 29.1. The maximum absolute atomic E-state index is 14.2. The summed E-state index contributed by atoms with van der Waals surface area (Å²) in [4.78, 5) is 14.6. The first kappa shape index (κ1) is 39.0. The van der Waals surface area contributed by atoms with Crippen LogP contribution in [-0.2, 0) is 17.8 Å². The summed E-state index contributed by atoms with van der Waals surface area (Å²) in [6.07, 6.45) is 5.42. The molecule has 0 spiro atoms. The van der Waals surface area contributed by atoms with Crippen LogP contribution in [0.4, 0.5) is 4.39 Å². The number of aromatic nitrogens is 2. The van der Waals surface area contributed by atoms with Crippen LogP contribution in [0.15, 0.2) is 60.7 Å². The molecule has 2 aliphatic rings. The average molecular weight is 684 g/mol. The number of piperidine rings is 1. The van der Waals surface area contributed by atoms with E-state index in [0.29, 0.717) is 24.2 Å². The van der Waals surface area contributed by atoms with E-state index in [0.717, 1.165) is 69.5 Å². The highest BCUT2D eigenvalue weighted by Gasteiger charge is 2.38. The standard InChI is InChI=1S/C35H47FN4O2.3ClH/c1-4-40-34(22-31(38-40)18-25-9-6-5-7-10-25)26-13-15-39(16-14-26)23-28-20-30(37-33(35(41)42)17-24(2)3)21-32(28)27-11-8-12-29(36)19-27;;;/h5-12,19,22,24,26,28,30,32-33,37H,4,13-18,20-21,23H2,1-3H3,(H,41,42);3*1H/t28?,30?,32?,33-;;;/m1.../s1. The zero-order chi connectivity index (χ0) is 29.6. The molecular weight excluding hydrogens is 634 g/mol. The van der Waals surface area contributed by atoms with Gasteiger partial charge in [-0.25, -0.2) is 4.39 Å². The van der Waals surface area contributed by atoms with Gasteiger partial charge in [0.1, 0.15) is 11.9 Å². The van der Waals surface area contributed by atoms with E-state index in [1.165, 1.54) is 17.3 Å². The Bertz CT molecular complexity index is 1320. The van der Waals surface area contributed by atoms with Crippen LogP contribution in [-0.4, -0.2) is 57.5 Å². The highest BCUT2D eigenvalue weighted by atomic mass is 35.5. The summed E-state index contributed by atoms with van der Waals surface area (Å²) >= 11 is 0. The van der Waals surface area contributed by atoms with Crippen LogP contribution in [0.5, 0.6) is 0 Å². The molecule has 1 aliphatic heterocycles. The van der Waals surface area contributed by atoms with E-state index in [4.69, 9.17) is 5.10 Å². The number of nitrogens with one attached hydrogen (secondary N) is 1. The predicted octanol–water partition coefficient (Wildman–Crippen LogP) is 7.73. The van der Waals surface area contributed by atoms with Crippen LogP contribution in [0, 0.1) is 17.7 Å². The first-order valence-corrected chi connectivity index (χ1v) is 15.9. The van der Waals surface area contributed by atoms with Gasteiger partial charge in [-0.05, 0) is 99.2 Å². The van der Waals surface area contributed by atoms with E-state index in [9.17, 15) is 14.3 Å². The summed E-state index contributed by atoms with van der Waals surface area (Å²) in [5.41, 5.74) is 4.82. The molecule has 0 amide bonds. The summed E-state index contributed by atoms with van der Waals surface area (Å²) in [5, 5.41) is 18.2. The maximum Gasteiger partial charge on any atom is 0.320 e. The van der Waals surface area contributed by atoms with Crippen molar-refractivity contribution in [3.8, 4) is 0 Å². The third-order valence-corrected chi connectivity index (χ3v) is 9.30. The first-order chi connectivity index (χ1) is 20.3. The van der Waals surface area contributed by atoms with Crippen LogP contribution in [0.25, 0.3) is 0 Å². The Labute approximate surface area is 286 Å². The summed E-state index contributed by atoms with van der Waals surface area (Å²) in [6, 6.07) is 19.4. The van der Waals surface area contributed by atoms with E-state index in [1.54, 1.807) is 12.1 Å². The van der Waals surface area contributed by atoms with Crippen LogP contribution in [0.3, 0.4) is 0 Å². The number of nitrogens with zero attached hydrogens (tertiary/aromatic N) is 3. The van der Waals surface area contributed by atoms with Crippen LogP contribution in [0.1, 0.15) is 87.2 Å². The Morgan fingerprint density at radius 2 is 1.73 bits per heavy atom. The van der Waals surface area contributed by atoms with Crippen molar-refractivity contribution in [2.24, 2.45) is 11.8 Å². The lowest BCUT2D eigenvalue weighted by atomic mass is 9.87. The Morgan fingerprint density at radius 1 is 1.02 bits per heavy atom. The number of hydrogen-bond acceptors (Lipinski definition) is 4. The summed E-state index contributed by atoms with van der Waals surface area (Å²) < 4.78 is 16.4. The lowest BCUT2D eigenvalue weighted by Gasteiger charge is -2.35. The summed E-state index contributed by atoms with van der Waals surface area (Å²) in [6.45, 7) is 10.2. The van der Waals surface area contributed by atoms with Crippen molar-refractivity contribution in [3.63, 3.8) is 0 Å². The number of carbonyl (C=O) groups is 1. The van der Waals surface area contributed by atoms with Crippen LogP contribution in [0.2, 0.25) is 0 Å². The Hall–Kier alpha value is -2.16. The third kappa shape index (κ3) is 10.4. The van der Waals surface area contributed by atoms with Gasteiger partial charge in [0.05, 0.1) is 5.69 Å². The van der Waals surface area contributed by atoms with Crippen molar-refractivity contribution in [2.75, 3.05) is 19.6 Å². The van der Waals surface area contributed by atoms with Gasteiger partial charge >= 0.3 is 5.97 Å². The van der Waals surface area contributed by atoms with E-state index in [2.05, 4.69) is 72.1 Å². The fraction of sp³-hybridized carbons (Fsp3) is 0.543. The predicted molar refractivity (Wildman–Crippen MR) is 187 cm³/mol. The van der Waals surface area contributed by atoms with Crippen molar-refractivity contribution in [3.05, 3.63) is 89.0 Å². The highest BCUT2D eigenvalue weighted by molar-refractivity contribution is 5.86. The minimum Gasteiger partial charge on any atom is -0.480 e. The molecule has 1 aliphatic carbocycles. The van der Waals surface area contributed by atoms with Crippen LogP contribution < -0.4 is 5.32 Å². The van der Waals surface area contributed by atoms with Crippen molar-refractivity contribution in [2.45, 2.75) is 89.8 Å². The molecule has 4 atom stereocenters.